The summed E-state index contributed by atoms with van der Waals surface area (Å²) in [6.45, 7) is 0.783. The fourth-order valence-corrected chi connectivity index (χ4v) is 2.33. The van der Waals surface area contributed by atoms with E-state index >= 15 is 0 Å². The van der Waals surface area contributed by atoms with Crippen molar-refractivity contribution in [3.8, 4) is 6.07 Å². The highest BCUT2D eigenvalue weighted by Gasteiger charge is 2.27. The first-order valence-corrected chi connectivity index (χ1v) is 6.86. The van der Waals surface area contributed by atoms with E-state index in [1.54, 1.807) is 24.3 Å². The van der Waals surface area contributed by atoms with E-state index in [1.807, 2.05) is 6.07 Å². The molecule has 6 heteroatoms. The lowest BCUT2D eigenvalue weighted by Gasteiger charge is -2.17. The Labute approximate surface area is 122 Å². The monoisotopic (exact) mass is 287 g/mol. The van der Waals surface area contributed by atoms with Crippen LogP contribution in [0.25, 0.3) is 0 Å². The molecular weight excluding hydrogens is 270 g/mol. The van der Waals surface area contributed by atoms with E-state index in [2.05, 4.69) is 10.6 Å². The minimum absolute atomic E-state index is 0.194. The number of nitrogens with one attached hydrogen (secondary N) is 2. The van der Waals surface area contributed by atoms with Gasteiger partial charge < -0.3 is 15.7 Å². The Kier molecular flexibility index (Phi) is 4.90. The first-order valence-electron chi connectivity index (χ1n) is 6.86. The quantitative estimate of drug-likeness (QED) is 0.728. The van der Waals surface area contributed by atoms with Crippen LogP contribution in [-0.2, 0) is 16.0 Å². The summed E-state index contributed by atoms with van der Waals surface area (Å²) in [6.07, 6.45) is 1.85. The molecule has 21 heavy (non-hydrogen) atoms. The molecule has 0 radical (unpaired) electrons. The van der Waals surface area contributed by atoms with Crippen LogP contribution in [0.1, 0.15) is 24.0 Å². The molecule has 110 valence electrons. The second kappa shape index (κ2) is 6.86. The van der Waals surface area contributed by atoms with Gasteiger partial charge in [-0.1, -0.05) is 12.1 Å². The van der Waals surface area contributed by atoms with Crippen LogP contribution in [0, 0.1) is 11.3 Å². The summed E-state index contributed by atoms with van der Waals surface area (Å²) in [6, 6.07) is 7.41. The zero-order valence-electron chi connectivity index (χ0n) is 11.5. The molecule has 0 aliphatic carbocycles. The van der Waals surface area contributed by atoms with Crippen molar-refractivity contribution in [2.45, 2.75) is 31.3 Å². The van der Waals surface area contributed by atoms with E-state index < -0.39 is 12.0 Å². The number of nitrogens with zero attached hydrogens (tertiary/aromatic N) is 1. The molecule has 0 saturated carbocycles. The van der Waals surface area contributed by atoms with Crippen molar-refractivity contribution in [2.24, 2.45) is 0 Å². The van der Waals surface area contributed by atoms with Gasteiger partial charge in [-0.2, -0.15) is 5.26 Å². The lowest BCUT2D eigenvalue weighted by atomic mass is 10.0. The number of amides is 1. The third-order valence-corrected chi connectivity index (χ3v) is 3.51. The third kappa shape index (κ3) is 4.04. The highest BCUT2D eigenvalue weighted by molar-refractivity contribution is 5.87. The molecule has 2 rings (SSSR count). The predicted molar refractivity (Wildman–Crippen MR) is 75.5 cm³/mol. The molecule has 3 N–H and O–H groups in total. The summed E-state index contributed by atoms with van der Waals surface area (Å²) in [5.74, 6) is -1.33. The van der Waals surface area contributed by atoms with Gasteiger partial charge in [0.05, 0.1) is 17.7 Å². The van der Waals surface area contributed by atoms with Gasteiger partial charge >= 0.3 is 5.97 Å². The fraction of sp³-hybridized carbons (Fsp3) is 0.400. The number of nitriles is 1. The van der Waals surface area contributed by atoms with Crippen molar-refractivity contribution in [3.05, 3.63) is 35.4 Å². The minimum atomic E-state index is -1.06. The van der Waals surface area contributed by atoms with Crippen molar-refractivity contribution in [1.82, 2.24) is 10.6 Å². The largest absolute Gasteiger partial charge is 0.480 e. The van der Waals surface area contributed by atoms with Crippen LogP contribution in [0.2, 0.25) is 0 Å². The van der Waals surface area contributed by atoms with Crippen LogP contribution < -0.4 is 10.6 Å². The molecule has 1 amide bonds. The van der Waals surface area contributed by atoms with Crippen molar-refractivity contribution in [1.29, 1.82) is 5.26 Å². The van der Waals surface area contributed by atoms with Gasteiger partial charge in [0.15, 0.2) is 0 Å². The Balaban J connectivity index is 1.99. The molecule has 6 nitrogen and oxygen atoms in total. The van der Waals surface area contributed by atoms with Gasteiger partial charge in [-0.3, -0.25) is 4.79 Å². The van der Waals surface area contributed by atoms with Gasteiger partial charge in [-0.15, -0.1) is 0 Å². The van der Waals surface area contributed by atoms with Crippen molar-refractivity contribution < 1.29 is 14.7 Å². The van der Waals surface area contributed by atoms with E-state index in [-0.39, 0.29) is 18.4 Å². The van der Waals surface area contributed by atoms with Crippen LogP contribution in [0.15, 0.2) is 24.3 Å². The number of carboxylic acids is 1. The number of aliphatic carboxylic acids is 1. The molecule has 0 spiro atoms. The normalized spacial score (nSPS) is 18.7. The van der Waals surface area contributed by atoms with Gasteiger partial charge in [0.1, 0.15) is 6.04 Å². The lowest BCUT2D eigenvalue weighted by molar-refractivity contribution is -0.142. The van der Waals surface area contributed by atoms with Gasteiger partial charge in [0.2, 0.25) is 5.91 Å². The summed E-state index contributed by atoms with van der Waals surface area (Å²) in [5.41, 5.74) is 1.28. The first kappa shape index (κ1) is 15.0. The zero-order chi connectivity index (χ0) is 15.2. The average molecular weight is 287 g/mol. The van der Waals surface area contributed by atoms with Crippen molar-refractivity contribution >= 4 is 11.9 Å². The fourth-order valence-electron chi connectivity index (χ4n) is 2.33. The number of carbonyl (C=O) groups is 2. The van der Waals surface area contributed by atoms with E-state index in [0.29, 0.717) is 5.56 Å². The zero-order valence-corrected chi connectivity index (χ0v) is 11.5. The number of benzene rings is 1. The lowest BCUT2D eigenvalue weighted by Crippen LogP contribution is -2.49. The molecule has 1 heterocycles. The van der Waals surface area contributed by atoms with Gasteiger partial charge in [0, 0.05) is 6.42 Å². The van der Waals surface area contributed by atoms with E-state index in [9.17, 15) is 14.7 Å². The summed E-state index contributed by atoms with van der Waals surface area (Å²) >= 11 is 0. The Hall–Kier alpha value is -2.39. The summed E-state index contributed by atoms with van der Waals surface area (Å²) in [7, 11) is 0. The van der Waals surface area contributed by atoms with Gasteiger partial charge in [-0.05, 0) is 37.1 Å². The van der Waals surface area contributed by atoms with E-state index in [0.717, 1.165) is 24.9 Å². The summed E-state index contributed by atoms with van der Waals surface area (Å²) < 4.78 is 0. The number of carboxylic acid groups (broad SMARTS) is 1. The van der Waals surface area contributed by atoms with E-state index in [4.69, 9.17) is 5.26 Å². The standard InChI is InChI=1S/C15H17N3O3/c16-9-11-5-3-10(4-6-11)8-13(15(20)21)18-14(19)12-2-1-7-17-12/h3-6,12-13,17H,1-2,7-8H2,(H,18,19)(H,20,21)/t12-,13-/m0/s1. The second-order valence-electron chi connectivity index (χ2n) is 5.06. The Morgan fingerprint density at radius 1 is 1.43 bits per heavy atom. The SMILES string of the molecule is N#Cc1ccc(C[C@H](NC(=O)[C@@H]2CCCN2)C(=O)O)cc1. The van der Waals surface area contributed by atoms with Gasteiger partial charge in [0.25, 0.3) is 0 Å². The molecule has 1 aliphatic heterocycles. The van der Waals surface area contributed by atoms with Gasteiger partial charge in [-0.25, -0.2) is 4.79 Å². The molecule has 1 aliphatic rings. The first-order chi connectivity index (χ1) is 10.1. The molecule has 2 atom stereocenters. The second-order valence-corrected chi connectivity index (χ2v) is 5.06. The highest BCUT2D eigenvalue weighted by atomic mass is 16.4. The Morgan fingerprint density at radius 2 is 2.14 bits per heavy atom. The number of rotatable bonds is 5. The topological polar surface area (TPSA) is 102 Å². The van der Waals surface area contributed by atoms with Crippen LogP contribution >= 0.6 is 0 Å². The average Bonchev–Trinajstić information content (AvgIpc) is 3.01. The van der Waals surface area contributed by atoms with Crippen LogP contribution in [0.3, 0.4) is 0 Å². The summed E-state index contributed by atoms with van der Waals surface area (Å²) in [5, 5.41) is 23.6. The van der Waals surface area contributed by atoms with Crippen molar-refractivity contribution in [3.63, 3.8) is 0 Å². The Bertz CT molecular complexity index is 557. The van der Waals surface area contributed by atoms with E-state index in [1.165, 1.54) is 0 Å². The molecule has 1 aromatic rings. The number of carbonyl (C=O) groups excluding carboxylic acids is 1. The smallest absolute Gasteiger partial charge is 0.326 e. The van der Waals surface area contributed by atoms with Crippen LogP contribution in [0.4, 0.5) is 0 Å². The molecule has 0 bridgehead atoms. The maximum atomic E-state index is 12.0. The molecule has 0 aromatic heterocycles. The van der Waals surface area contributed by atoms with Crippen LogP contribution in [0.5, 0.6) is 0 Å². The minimum Gasteiger partial charge on any atom is -0.480 e. The number of hydrogen-bond donors (Lipinski definition) is 3. The predicted octanol–water partition coefficient (Wildman–Crippen LogP) is 0.422. The molecule has 1 fully saturated rings. The maximum absolute atomic E-state index is 12.0. The number of hydrogen-bond acceptors (Lipinski definition) is 4. The Morgan fingerprint density at radius 3 is 2.67 bits per heavy atom. The molecule has 1 saturated heterocycles. The summed E-state index contributed by atoms with van der Waals surface area (Å²) in [4.78, 5) is 23.3. The third-order valence-electron chi connectivity index (χ3n) is 3.51. The molecule has 1 aromatic carbocycles. The molecular formula is C15H17N3O3. The molecule has 0 unspecified atom stereocenters. The highest BCUT2D eigenvalue weighted by Crippen LogP contribution is 2.09. The maximum Gasteiger partial charge on any atom is 0.326 e. The van der Waals surface area contributed by atoms with Crippen molar-refractivity contribution in [2.75, 3.05) is 6.54 Å². The van der Waals surface area contributed by atoms with Crippen LogP contribution in [-0.4, -0.2) is 35.6 Å².